The molecule has 1 aliphatic heterocycles. The average molecular weight is 385 g/mol. The van der Waals surface area contributed by atoms with Crippen LogP contribution in [0.15, 0.2) is 22.7 Å². The first-order valence-electron chi connectivity index (χ1n) is 6.85. The number of amides is 1. The second kappa shape index (κ2) is 6.39. The number of nitrogens with zero attached hydrogens (tertiary/aromatic N) is 2. The molecule has 2 aromatic rings. The highest BCUT2D eigenvalue weighted by molar-refractivity contribution is 9.10. The number of benzene rings is 1. The largest absolute Gasteiger partial charge is 0.316 e. The highest BCUT2D eigenvalue weighted by Crippen LogP contribution is 2.31. The molecule has 0 spiro atoms. The van der Waals surface area contributed by atoms with E-state index in [1.54, 1.807) is 12.1 Å². The fourth-order valence-corrected chi connectivity index (χ4v) is 3.27. The summed E-state index contributed by atoms with van der Waals surface area (Å²) in [6.07, 6.45) is 0. The molecule has 1 saturated heterocycles. The number of nitrogens with one attached hydrogen (secondary N) is 2. The molecule has 116 valence electrons. The number of hydrogen-bond acceptors (Lipinski definition) is 5. The lowest BCUT2D eigenvalue weighted by Crippen LogP contribution is -2.48. The molecule has 1 aromatic heterocycles. The fourth-order valence-electron chi connectivity index (χ4n) is 2.14. The molecule has 0 radical (unpaired) electrons. The van der Waals surface area contributed by atoms with Crippen LogP contribution in [0.3, 0.4) is 0 Å². The van der Waals surface area contributed by atoms with E-state index in [0.717, 1.165) is 28.9 Å². The molecule has 1 amide bonds. The predicted molar refractivity (Wildman–Crippen MR) is 87.2 cm³/mol. The SMILES string of the molecule is CC(C(=O)Nc1nnc(-c2cc(Br)ccc2F)s1)C1CNC1. The summed E-state index contributed by atoms with van der Waals surface area (Å²) in [5, 5.41) is 14.6. The third-order valence-corrected chi connectivity index (χ3v) is 5.11. The summed E-state index contributed by atoms with van der Waals surface area (Å²) in [6, 6.07) is 4.63. The van der Waals surface area contributed by atoms with Gasteiger partial charge in [-0.3, -0.25) is 4.79 Å². The summed E-state index contributed by atoms with van der Waals surface area (Å²) < 4.78 is 14.6. The molecule has 5 nitrogen and oxygen atoms in total. The zero-order chi connectivity index (χ0) is 15.7. The summed E-state index contributed by atoms with van der Waals surface area (Å²) in [7, 11) is 0. The molecule has 1 aromatic carbocycles. The molecule has 22 heavy (non-hydrogen) atoms. The van der Waals surface area contributed by atoms with E-state index in [9.17, 15) is 9.18 Å². The first kappa shape index (κ1) is 15.5. The molecule has 1 unspecified atom stereocenters. The van der Waals surface area contributed by atoms with Crippen molar-refractivity contribution in [3.63, 3.8) is 0 Å². The van der Waals surface area contributed by atoms with Crippen LogP contribution in [-0.4, -0.2) is 29.2 Å². The van der Waals surface area contributed by atoms with Gasteiger partial charge < -0.3 is 10.6 Å². The third-order valence-electron chi connectivity index (χ3n) is 3.75. The van der Waals surface area contributed by atoms with Crippen LogP contribution in [0.25, 0.3) is 10.6 Å². The number of halogens is 2. The molecule has 1 aliphatic rings. The maximum absolute atomic E-state index is 13.8. The van der Waals surface area contributed by atoms with Crippen molar-refractivity contribution >= 4 is 38.3 Å². The minimum absolute atomic E-state index is 0.0797. The molecule has 1 atom stereocenters. The van der Waals surface area contributed by atoms with Crippen molar-refractivity contribution in [3.8, 4) is 10.6 Å². The smallest absolute Gasteiger partial charge is 0.229 e. The van der Waals surface area contributed by atoms with Crippen LogP contribution in [0.2, 0.25) is 0 Å². The number of rotatable bonds is 4. The molecular formula is C14H14BrFN4OS. The number of anilines is 1. The first-order chi connectivity index (χ1) is 10.5. The number of carbonyl (C=O) groups excluding carboxylic acids is 1. The minimum Gasteiger partial charge on any atom is -0.316 e. The Morgan fingerprint density at radius 3 is 2.95 bits per heavy atom. The standard InChI is InChI=1S/C14H14BrFN4OS/c1-7(8-5-17-6-8)12(21)18-14-20-19-13(22-14)10-4-9(15)2-3-11(10)16/h2-4,7-8,17H,5-6H2,1H3,(H,18,20,21). The zero-order valence-electron chi connectivity index (χ0n) is 11.8. The minimum atomic E-state index is -0.369. The summed E-state index contributed by atoms with van der Waals surface area (Å²) >= 11 is 4.47. The van der Waals surface area contributed by atoms with Gasteiger partial charge in [0.1, 0.15) is 5.82 Å². The van der Waals surface area contributed by atoms with E-state index in [4.69, 9.17) is 0 Å². The van der Waals surface area contributed by atoms with Crippen LogP contribution in [0.1, 0.15) is 6.92 Å². The highest BCUT2D eigenvalue weighted by Gasteiger charge is 2.29. The second-order valence-electron chi connectivity index (χ2n) is 5.23. The van der Waals surface area contributed by atoms with Crippen molar-refractivity contribution in [2.75, 3.05) is 18.4 Å². The highest BCUT2D eigenvalue weighted by atomic mass is 79.9. The van der Waals surface area contributed by atoms with Crippen LogP contribution in [-0.2, 0) is 4.79 Å². The summed E-state index contributed by atoms with van der Waals surface area (Å²) in [4.78, 5) is 12.1. The Balaban J connectivity index is 1.73. The van der Waals surface area contributed by atoms with Crippen molar-refractivity contribution in [2.24, 2.45) is 11.8 Å². The van der Waals surface area contributed by atoms with Gasteiger partial charge in [-0.1, -0.05) is 34.2 Å². The van der Waals surface area contributed by atoms with E-state index in [1.807, 2.05) is 6.92 Å². The van der Waals surface area contributed by atoms with Gasteiger partial charge in [-0.05, 0) is 37.2 Å². The monoisotopic (exact) mass is 384 g/mol. The molecule has 0 aliphatic carbocycles. The third kappa shape index (κ3) is 3.18. The van der Waals surface area contributed by atoms with Gasteiger partial charge in [0.25, 0.3) is 0 Å². The van der Waals surface area contributed by atoms with Crippen molar-refractivity contribution in [2.45, 2.75) is 6.92 Å². The second-order valence-corrected chi connectivity index (χ2v) is 7.13. The Labute approximate surface area is 139 Å². The van der Waals surface area contributed by atoms with Crippen LogP contribution in [0, 0.1) is 17.7 Å². The Morgan fingerprint density at radius 2 is 2.27 bits per heavy atom. The molecule has 2 heterocycles. The lowest BCUT2D eigenvalue weighted by Gasteiger charge is -2.31. The van der Waals surface area contributed by atoms with Gasteiger partial charge in [-0.2, -0.15) is 0 Å². The molecule has 0 saturated carbocycles. The van der Waals surface area contributed by atoms with Gasteiger partial charge in [0.2, 0.25) is 11.0 Å². The number of hydrogen-bond donors (Lipinski definition) is 2. The molecule has 8 heteroatoms. The molecule has 2 N–H and O–H groups in total. The van der Waals surface area contributed by atoms with Gasteiger partial charge in [0.05, 0.1) is 0 Å². The van der Waals surface area contributed by atoms with Gasteiger partial charge in [-0.15, -0.1) is 10.2 Å². The lowest BCUT2D eigenvalue weighted by molar-refractivity contribution is -0.121. The normalized spacial score (nSPS) is 16.1. The van der Waals surface area contributed by atoms with Gasteiger partial charge >= 0.3 is 0 Å². The summed E-state index contributed by atoms with van der Waals surface area (Å²) in [5.74, 6) is -0.179. The fraction of sp³-hybridized carbons (Fsp3) is 0.357. The van der Waals surface area contributed by atoms with Gasteiger partial charge in [-0.25, -0.2) is 4.39 Å². The molecule has 1 fully saturated rings. The van der Waals surface area contributed by atoms with E-state index < -0.39 is 0 Å². The number of carbonyl (C=O) groups is 1. The summed E-state index contributed by atoms with van der Waals surface area (Å²) in [5.41, 5.74) is 0.364. The first-order valence-corrected chi connectivity index (χ1v) is 8.46. The maximum atomic E-state index is 13.8. The van der Waals surface area contributed by atoms with Crippen molar-refractivity contribution in [3.05, 3.63) is 28.5 Å². The molecule has 0 bridgehead atoms. The van der Waals surface area contributed by atoms with Crippen LogP contribution >= 0.6 is 27.3 Å². The van der Waals surface area contributed by atoms with Crippen molar-refractivity contribution < 1.29 is 9.18 Å². The topological polar surface area (TPSA) is 66.9 Å². The van der Waals surface area contributed by atoms with Gasteiger partial charge in [0.15, 0.2) is 5.01 Å². The van der Waals surface area contributed by atoms with Crippen molar-refractivity contribution in [1.29, 1.82) is 0 Å². The average Bonchev–Trinajstić information content (AvgIpc) is 2.87. The Morgan fingerprint density at radius 1 is 1.50 bits per heavy atom. The van der Waals surface area contributed by atoms with Crippen LogP contribution in [0.5, 0.6) is 0 Å². The quantitative estimate of drug-likeness (QED) is 0.850. The van der Waals surface area contributed by atoms with E-state index >= 15 is 0 Å². The van der Waals surface area contributed by atoms with E-state index in [0.29, 0.717) is 21.6 Å². The van der Waals surface area contributed by atoms with E-state index in [1.165, 1.54) is 6.07 Å². The Hall–Kier alpha value is -1.38. The summed E-state index contributed by atoms with van der Waals surface area (Å²) in [6.45, 7) is 3.62. The van der Waals surface area contributed by atoms with Crippen molar-refractivity contribution in [1.82, 2.24) is 15.5 Å². The zero-order valence-corrected chi connectivity index (χ0v) is 14.2. The van der Waals surface area contributed by atoms with E-state index in [-0.39, 0.29) is 17.6 Å². The van der Waals surface area contributed by atoms with Gasteiger partial charge in [0, 0.05) is 16.0 Å². The van der Waals surface area contributed by atoms with E-state index in [2.05, 4.69) is 36.8 Å². The predicted octanol–water partition coefficient (Wildman–Crippen LogP) is 2.90. The number of aromatic nitrogens is 2. The Kier molecular flexibility index (Phi) is 4.51. The lowest BCUT2D eigenvalue weighted by atomic mass is 9.88. The molecule has 3 rings (SSSR count). The van der Waals surface area contributed by atoms with Crippen LogP contribution < -0.4 is 10.6 Å². The Bertz CT molecular complexity index is 704. The molecular weight excluding hydrogens is 371 g/mol. The maximum Gasteiger partial charge on any atom is 0.229 e. The van der Waals surface area contributed by atoms with Crippen LogP contribution in [0.4, 0.5) is 9.52 Å².